The lowest BCUT2D eigenvalue weighted by molar-refractivity contribution is -0.125. The molecule has 16 heavy (non-hydrogen) atoms. The van der Waals surface area contributed by atoms with Crippen LogP contribution in [0, 0.1) is 0 Å². The molecule has 0 aliphatic heterocycles. The Hall–Kier alpha value is -1.65. The van der Waals surface area contributed by atoms with Crippen LogP contribution < -0.4 is 0 Å². The van der Waals surface area contributed by atoms with Crippen molar-refractivity contribution in [2.45, 2.75) is 25.3 Å². The predicted octanol–water partition coefficient (Wildman–Crippen LogP) is 0.837. The first-order chi connectivity index (χ1) is 7.63. The lowest BCUT2D eigenvalue weighted by Gasteiger charge is -2.14. The molecule has 1 heterocycles. The molecular weight excluding hydrogens is 204 g/mol. The van der Waals surface area contributed by atoms with Gasteiger partial charge in [0.15, 0.2) is 5.82 Å². The van der Waals surface area contributed by atoms with Gasteiger partial charge in [0.05, 0.1) is 6.54 Å². The summed E-state index contributed by atoms with van der Waals surface area (Å²) >= 11 is 0. The van der Waals surface area contributed by atoms with Crippen LogP contribution in [0.3, 0.4) is 0 Å². The smallest absolute Gasteiger partial charge is 0.246 e. The van der Waals surface area contributed by atoms with Gasteiger partial charge in [-0.2, -0.15) is 0 Å². The van der Waals surface area contributed by atoms with Crippen LogP contribution in [0.5, 0.6) is 0 Å². The van der Waals surface area contributed by atoms with Crippen molar-refractivity contribution in [2.24, 2.45) is 7.05 Å². The standard InChI is InChI=1S/C11H16N4O/c1-4-10(16)14(2)7-9-12-13-11(15(9)3)8-5-6-8/h4,8H,1,5-7H2,2-3H3. The topological polar surface area (TPSA) is 51.0 Å². The van der Waals surface area contributed by atoms with Crippen molar-refractivity contribution in [1.82, 2.24) is 19.7 Å². The molecule has 1 aromatic heterocycles. The van der Waals surface area contributed by atoms with Crippen molar-refractivity contribution in [3.05, 3.63) is 24.3 Å². The van der Waals surface area contributed by atoms with Crippen LogP contribution in [0.15, 0.2) is 12.7 Å². The summed E-state index contributed by atoms with van der Waals surface area (Å²) in [6.07, 6.45) is 3.71. The van der Waals surface area contributed by atoms with E-state index in [0.29, 0.717) is 12.5 Å². The fourth-order valence-corrected chi connectivity index (χ4v) is 1.66. The summed E-state index contributed by atoms with van der Waals surface area (Å²) in [4.78, 5) is 12.9. The Balaban J connectivity index is 2.09. The molecule has 86 valence electrons. The van der Waals surface area contributed by atoms with Crippen molar-refractivity contribution in [2.75, 3.05) is 7.05 Å². The van der Waals surface area contributed by atoms with Gasteiger partial charge in [-0.25, -0.2) is 0 Å². The van der Waals surface area contributed by atoms with Crippen LogP contribution in [-0.2, 0) is 18.4 Å². The molecule has 2 rings (SSSR count). The van der Waals surface area contributed by atoms with Gasteiger partial charge in [-0.05, 0) is 18.9 Å². The number of rotatable bonds is 4. The number of carbonyl (C=O) groups is 1. The zero-order valence-electron chi connectivity index (χ0n) is 9.68. The zero-order valence-corrected chi connectivity index (χ0v) is 9.68. The minimum atomic E-state index is -0.101. The molecular formula is C11H16N4O. The van der Waals surface area contributed by atoms with Crippen molar-refractivity contribution >= 4 is 5.91 Å². The van der Waals surface area contributed by atoms with E-state index in [1.165, 1.54) is 18.9 Å². The number of likely N-dealkylation sites (N-methyl/N-ethyl adjacent to an activating group) is 1. The molecule has 1 amide bonds. The Morgan fingerprint density at radius 3 is 2.88 bits per heavy atom. The quantitative estimate of drug-likeness (QED) is 0.706. The molecule has 0 saturated heterocycles. The van der Waals surface area contributed by atoms with E-state index in [4.69, 9.17) is 0 Å². The molecule has 5 heteroatoms. The van der Waals surface area contributed by atoms with E-state index in [2.05, 4.69) is 16.8 Å². The second-order valence-electron chi connectivity index (χ2n) is 4.21. The lowest BCUT2D eigenvalue weighted by atomic mass is 10.4. The highest BCUT2D eigenvalue weighted by Gasteiger charge is 2.29. The minimum Gasteiger partial charge on any atom is -0.335 e. The van der Waals surface area contributed by atoms with Crippen LogP contribution in [0.4, 0.5) is 0 Å². The molecule has 1 aromatic rings. The Bertz CT molecular complexity index is 420. The van der Waals surface area contributed by atoms with Crippen molar-refractivity contribution in [3.8, 4) is 0 Å². The minimum absolute atomic E-state index is 0.101. The van der Waals surface area contributed by atoms with Gasteiger partial charge in [-0.3, -0.25) is 4.79 Å². The average molecular weight is 220 g/mol. The number of hydrogen-bond donors (Lipinski definition) is 0. The Morgan fingerprint density at radius 2 is 2.31 bits per heavy atom. The van der Waals surface area contributed by atoms with Gasteiger partial charge in [-0.15, -0.1) is 10.2 Å². The molecule has 5 nitrogen and oxygen atoms in total. The van der Waals surface area contributed by atoms with Gasteiger partial charge >= 0.3 is 0 Å². The van der Waals surface area contributed by atoms with E-state index in [1.54, 1.807) is 11.9 Å². The van der Waals surface area contributed by atoms with Gasteiger partial charge in [0.2, 0.25) is 5.91 Å². The van der Waals surface area contributed by atoms with Crippen molar-refractivity contribution in [1.29, 1.82) is 0 Å². The summed E-state index contributed by atoms with van der Waals surface area (Å²) in [7, 11) is 3.69. The first-order valence-corrected chi connectivity index (χ1v) is 5.39. The molecule has 0 unspecified atom stereocenters. The van der Waals surface area contributed by atoms with E-state index >= 15 is 0 Å². The van der Waals surface area contributed by atoms with Crippen LogP contribution in [-0.4, -0.2) is 32.6 Å². The van der Waals surface area contributed by atoms with Gasteiger partial charge in [0.25, 0.3) is 0 Å². The van der Waals surface area contributed by atoms with Crippen LogP contribution in [0.2, 0.25) is 0 Å². The van der Waals surface area contributed by atoms with Gasteiger partial charge in [0.1, 0.15) is 5.82 Å². The summed E-state index contributed by atoms with van der Waals surface area (Å²) in [6.45, 7) is 3.93. The third kappa shape index (κ3) is 1.98. The van der Waals surface area contributed by atoms with Gasteiger partial charge in [0, 0.05) is 20.0 Å². The first kappa shape index (κ1) is 10.9. The second-order valence-corrected chi connectivity index (χ2v) is 4.21. The fraction of sp³-hybridized carbons (Fsp3) is 0.545. The maximum absolute atomic E-state index is 11.3. The maximum atomic E-state index is 11.3. The molecule has 0 radical (unpaired) electrons. The Kier molecular flexibility index (Phi) is 2.77. The molecule has 0 atom stereocenters. The van der Waals surface area contributed by atoms with E-state index < -0.39 is 0 Å². The molecule has 0 bridgehead atoms. The van der Waals surface area contributed by atoms with E-state index in [0.717, 1.165) is 11.6 Å². The van der Waals surface area contributed by atoms with Crippen LogP contribution in [0.25, 0.3) is 0 Å². The fourth-order valence-electron chi connectivity index (χ4n) is 1.66. The number of amides is 1. The SMILES string of the molecule is C=CC(=O)N(C)Cc1nnc(C2CC2)n1C. The lowest BCUT2D eigenvalue weighted by Crippen LogP contribution is -2.25. The highest BCUT2D eigenvalue weighted by Crippen LogP contribution is 2.38. The number of hydrogen-bond acceptors (Lipinski definition) is 3. The number of aromatic nitrogens is 3. The molecule has 1 saturated carbocycles. The summed E-state index contributed by atoms with van der Waals surface area (Å²) in [5.41, 5.74) is 0. The maximum Gasteiger partial charge on any atom is 0.246 e. The number of nitrogens with zero attached hydrogens (tertiary/aromatic N) is 4. The Morgan fingerprint density at radius 1 is 1.62 bits per heavy atom. The molecule has 0 N–H and O–H groups in total. The van der Waals surface area contributed by atoms with Gasteiger partial charge < -0.3 is 9.47 Å². The molecule has 1 fully saturated rings. The summed E-state index contributed by atoms with van der Waals surface area (Å²) in [5.74, 6) is 2.33. The predicted molar refractivity (Wildman–Crippen MR) is 59.6 cm³/mol. The largest absolute Gasteiger partial charge is 0.335 e. The van der Waals surface area contributed by atoms with Crippen LogP contribution >= 0.6 is 0 Å². The molecule has 1 aliphatic rings. The van der Waals surface area contributed by atoms with Crippen molar-refractivity contribution in [3.63, 3.8) is 0 Å². The summed E-state index contributed by atoms with van der Waals surface area (Å²) < 4.78 is 1.99. The van der Waals surface area contributed by atoms with Gasteiger partial charge in [-0.1, -0.05) is 6.58 Å². The Labute approximate surface area is 94.8 Å². The van der Waals surface area contributed by atoms with E-state index in [-0.39, 0.29) is 5.91 Å². The third-order valence-electron chi connectivity index (χ3n) is 2.87. The molecule has 0 aromatic carbocycles. The first-order valence-electron chi connectivity index (χ1n) is 5.39. The summed E-state index contributed by atoms with van der Waals surface area (Å²) in [6, 6.07) is 0. The monoisotopic (exact) mass is 220 g/mol. The van der Waals surface area contributed by atoms with E-state index in [9.17, 15) is 4.79 Å². The zero-order chi connectivity index (χ0) is 11.7. The average Bonchev–Trinajstić information content (AvgIpc) is 3.05. The summed E-state index contributed by atoms with van der Waals surface area (Å²) in [5, 5.41) is 8.28. The molecule has 1 aliphatic carbocycles. The van der Waals surface area contributed by atoms with Crippen molar-refractivity contribution < 1.29 is 4.79 Å². The van der Waals surface area contributed by atoms with E-state index in [1.807, 2.05) is 11.6 Å². The number of carbonyl (C=O) groups excluding carboxylic acids is 1. The third-order valence-corrected chi connectivity index (χ3v) is 2.87. The highest BCUT2D eigenvalue weighted by molar-refractivity contribution is 5.86. The second kappa shape index (κ2) is 4.08. The molecule has 0 spiro atoms. The van der Waals surface area contributed by atoms with Crippen LogP contribution in [0.1, 0.15) is 30.4 Å². The normalized spacial score (nSPS) is 14.9. The highest BCUT2D eigenvalue weighted by atomic mass is 16.2.